The molecule has 0 N–H and O–H groups in total. The maximum atomic E-state index is 5.78. The quantitative estimate of drug-likeness (QED) is 0.523. The van der Waals surface area contributed by atoms with Gasteiger partial charge in [-0.3, -0.25) is 4.40 Å². The van der Waals surface area contributed by atoms with Gasteiger partial charge in [0, 0.05) is 6.20 Å². The van der Waals surface area contributed by atoms with Crippen molar-refractivity contribution in [1.29, 1.82) is 0 Å². The number of fused-ring (bicyclic) bond motifs is 1. The normalized spacial score (nSPS) is 12.8. The molecule has 0 aromatic carbocycles. The van der Waals surface area contributed by atoms with Crippen molar-refractivity contribution in [3.8, 4) is 10.8 Å². The third-order valence-corrected chi connectivity index (χ3v) is 5.13. The number of aromatic nitrogens is 4. The topological polar surface area (TPSA) is 56.2 Å². The second-order valence-corrected chi connectivity index (χ2v) is 6.97. The monoisotopic (exact) mass is 328 g/mol. The molecule has 4 aromatic rings. The Kier molecular flexibility index (Phi) is 3.44. The Morgan fingerprint density at radius 3 is 3.05 bits per heavy atom. The molecule has 22 heavy (non-hydrogen) atoms. The molecule has 110 valence electrons. The van der Waals surface area contributed by atoms with Gasteiger partial charge in [0.25, 0.3) is 5.89 Å². The van der Waals surface area contributed by atoms with Crippen LogP contribution in [0, 0.1) is 0 Å². The first kappa shape index (κ1) is 13.5. The van der Waals surface area contributed by atoms with E-state index in [2.05, 4.69) is 19.6 Å². The highest BCUT2D eigenvalue weighted by molar-refractivity contribution is 7.99. The van der Waals surface area contributed by atoms with Crippen LogP contribution in [0.1, 0.15) is 18.1 Å². The number of imidazole rings is 1. The Morgan fingerprint density at radius 1 is 1.23 bits per heavy atom. The summed E-state index contributed by atoms with van der Waals surface area (Å²) in [5, 5.41) is 11.2. The Morgan fingerprint density at radius 2 is 2.18 bits per heavy atom. The van der Waals surface area contributed by atoms with E-state index >= 15 is 0 Å². The number of rotatable bonds is 4. The molecular weight excluding hydrogens is 316 g/mol. The molecule has 4 aromatic heterocycles. The van der Waals surface area contributed by atoms with Crippen molar-refractivity contribution in [2.45, 2.75) is 17.3 Å². The second kappa shape index (κ2) is 5.58. The molecule has 4 rings (SSSR count). The molecule has 0 radical (unpaired) electrons. The summed E-state index contributed by atoms with van der Waals surface area (Å²) in [6.45, 7) is 2.04. The summed E-state index contributed by atoms with van der Waals surface area (Å²) >= 11 is 3.19. The van der Waals surface area contributed by atoms with E-state index in [4.69, 9.17) is 4.42 Å². The van der Waals surface area contributed by atoms with Gasteiger partial charge in [-0.25, -0.2) is 4.98 Å². The zero-order chi connectivity index (χ0) is 14.9. The summed E-state index contributed by atoms with van der Waals surface area (Å²) in [5.41, 5.74) is 1.07. The van der Waals surface area contributed by atoms with Gasteiger partial charge in [0.05, 0.1) is 21.8 Å². The van der Waals surface area contributed by atoms with E-state index in [9.17, 15) is 0 Å². The van der Waals surface area contributed by atoms with Crippen LogP contribution in [0.25, 0.3) is 16.3 Å². The molecule has 0 spiro atoms. The summed E-state index contributed by atoms with van der Waals surface area (Å²) in [5.74, 6) is 1.19. The lowest BCUT2D eigenvalue weighted by Gasteiger charge is -2.05. The van der Waals surface area contributed by atoms with E-state index in [1.54, 1.807) is 23.1 Å². The Labute approximate surface area is 135 Å². The minimum Gasteiger partial charge on any atom is -0.419 e. The number of nitrogens with zero attached hydrogens (tertiary/aromatic N) is 4. The van der Waals surface area contributed by atoms with Crippen LogP contribution in [0.2, 0.25) is 0 Å². The highest BCUT2D eigenvalue weighted by Gasteiger charge is 2.18. The lowest BCUT2D eigenvalue weighted by Crippen LogP contribution is -1.92. The van der Waals surface area contributed by atoms with Crippen molar-refractivity contribution in [2.24, 2.45) is 0 Å². The predicted octanol–water partition coefficient (Wildman–Crippen LogP) is 4.30. The van der Waals surface area contributed by atoms with E-state index in [0.29, 0.717) is 11.8 Å². The van der Waals surface area contributed by atoms with Gasteiger partial charge >= 0.3 is 0 Å². The van der Waals surface area contributed by atoms with E-state index in [1.165, 1.54) is 0 Å². The van der Waals surface area contributed by atoms with Crippen LogP contribution in [0.15, 0.2) is 57.7 Å². The second-order valence-electron chi connectivity index (χ2n) is 4.72. The molecule has 0 saturated carbocycles. The molecule has 0 aliphatic rings. The van der Waals surface area contributed by atoms with E-state index in [0.717, 1.165) is 15.6 Å². The molecule has 7 heteroatoms. The fourth-order valence-electron chi connectivity index (χ4n) is 2.11. The molecule has 0 bridgehead atoms. The molecule has 0 aliphatic carbocycles. The molecule has 1 unspecified atom stereocenters. The van der Waals surface area contributed by atoms with Crippen molar-refractivity contribution in [3.05, 3.63) is 54.0 Å². The third-order valence-electron chi connectivity index (χ3n) is 3.21. The number of pyridine rings is 1. The molecule has 0 saturated heterocycles. The maximum Gasteiger partial charge on any atom is 0.257 e. The van der Waals surface area contributed by atoms with Gasteiger partial charge in [0.15, 0.2) is 5.16 Å². The lowest BCUT2D eigenvalue weighted by atomic mass is 10.4. The van der Waals surface area contributed by atoms with E-state index in [-0.39, 0.29) is 5.25 Å². The molecule has 1 atom stereocenters. The summed E-state index contributed by atoms with van der Waals surface area (Å²) < 4.78 is 7.83. The molecular formula is C15H12N4OS2. The van der Waals surface area contributed by atoms with Crippen LogP contribution in [0.5, 0.6) is 0 Å². The number of thiophene rings is 1. The SMILES string of the molecule is CC(Sc1ncc2ccccn12)c1nnc(-c2cccs2)o1. The van der Waals surface area contributed by atoms with Crippen LogP contribution in [-0.2, 0) is 0 Å². The summed E-state index contributed by atoms with van der Waals surface area (Å²) in [6.07, 6.45) is 3.86. The largest absolute Gasteiger partial charge is 0.419 e. The number of hydrogen-bond donors (Lipinski definition) is 0. The molecule has 5 nitrogen and oxygen atoms in total. The van der Waals surface area contributed by atoms with Gasteiger partial charge in [-0.1, -0.05) is 23.9 Å². The van der Waals surface area contributed by atoms with Crippen LogP contribution < -0.4 is 0 Å². The third kappa shape index (κ3) is 2.42. The first-order valence-corrected chi connectivity index (χ1v) is 8.53. The van der Waals surface area contributed by atoms with Gasteiger partial charge < -0.3 is 4.42 Å². The smallest absolute Gasteiger partial charge is 0.257 e. The van der Waals surface area contributed by atoms with Crippen molar-refractivity contribution in [2.75, 3.05) is 0 Å². The maximum absolute atomic E-state index is 5.78. The average molecular weight is 328 g/mol. The van der Waals surface area contributed by atoms with Gasteiger partial charge in [-0.15, -0.1) is 21.5 Å². The van der Waals surface area contributed by atoms with Gasteiger partial charge in [-0.2, -0.15) is 0 Å². The molecule has 0 fully saturated rings. The lowest BCUT2D eigenvalue weighted by molar-refractivity contribution is 0.510. The van der Waals surface area contributed by atoms with Gasteiger partial charge in [-0.05, 0) is 30.5 Å². The zero-order valence-electron chi connectivity index (χ0n) is 11.7. The predicted molar refractivity (Wildman–Crippen MR) is 87.1 cm³/mol. The summed E-state index contributed by atoms with van der Waals surface area (Å²) in [6, 6.07) is 9.97. The van der Waals surface area contributed by atoms with Gasteiger partial charge in [0.1, 0.15) is 0 Å². The number of hydrogen-bond acceptors (Lipinski definition) is 6. The van der Waals surface area contributed by atoms with Crippen LogP contribution in [-0.4, -0.2) is 19.6 Å². The Hall–Kier alpha value is -2.12. The van der Waals surface area contributed by atoms with E-state index < -0.39 is 0 Å². The summed E-state index contributed by atoms with van der Waals surface area (Å²) in [4.78, 5) is 5.44. The van der Waals surface area contributed by atoms with Crippen molar-refractivity contribution in [1.82, 2.24) is 19.6 Å². The highest BCUT2D eigenvalue weighted by Crippen LogP contribution is 2.35. The molecule has 4 heterocycles. The first-order valence-electron chi connectivity index (χ1n) is 6.77. The van der Waals surface area contributed by atoms with E-state index in [1.807, 2.05) is 55.0 Å². The minimum absolute atomic E-state index is 0.0343. The number of thioether (sulfide) groups is 1. The Balaban J connectivity index is 1.58. The minimum atomic E-state index is 0.0343. The average Bonchev–Trinajstić information content (AvgIpc) is 3.28. The fraction of sp³-hybridized carbons (Fsp3) is 0.133. The fourth-order valence-corrected chi connectivity index (χ4v) is 3.66. The standard InChI is InChI=1S/C15H12N4OS2/c1-10(13-17-18-14(20-13)12-6-4-8-21-12)22-15-16-9-11-5-2-3-7-19(11)15/h2-10H,1H3. The van der Waals surface area contributed by atoms with Crippen molar-refractivity contribution in [3.63, 3.8) is 0 Å². The molecule has 0 amide bonds. The van der Waals surface area contributed by atoms with Crippen molar-refractivity contribution < 1.29 is 4.42 Å². The molecule has 0 aliphatic heterocycles. The van der Waals surface area contributed by atoms with Crippen LogP contribution in [0.4, 0.5) is 0 Å². The Bertz CT molecular complexity index is 897. The van der Waals surface area contributed by atoms with Crippen LogP contribution in [0.3, 0.4) is 0 Å². The van der Waals surface area contributed by atoms with Crippen LogP contribution >= 0.6 is 23.1 Å². The van der Waals surface area contributed by atoms with Crippen molar-refractivity contribution >= 4 is 28.6 Å². The zero-order valence-corrected chi connectivity index (χ0v) is 13.3. The summed E-state index contributed by atoms with van der Waals surface area (Å²) in [7, 11) is 0. The highest BCUT2D eigenvalue weighted by atomic mass is 32.2. The van der Waals surface area contributed by atoms with Gasteiger partial charge in [0.2, 0.25) is 5.89 Å². The first-order chi connectivity index (χ1) is 10.8.